The Kier molecular flexibility index (Phi) is 4.41. The Morgan fingerprint density at radius 3 is 2.62 bits per heavy atom. The maximum absolute atomic E-state index is 15.1. The van der Waals surface area contributed by atoms with Crippen LogP contribution in [-0.4, -0.2) is 47.1 Å². The molecule has 0 radical (unpaired) electrons. The van der Waals surface area contributed by atoms with Crippen LogP contribution >= 0.6 is 0 Å². The quantitative estimate of drug-likeness (QED) is 0.810. The van der Waals surface area contributed by atoms with Gasteiger partial charge in [0.25, 0.3) is 0 Å². The molecule has 2 aliphatic rings. The summed E-state index contributed by atoms with van der Waals surface area (Å²) in [6, 6.07) is 0.389. The Labute approximate surface area is 164 Å². The van der Waals surface area contributed by atoms with Crippen LogP contribution in [0.4, 0.5) is 18.9 Å². The summed E-state index contributed by atoms with van der Waals surface area (Å²) in [6.45, 7) is 3.09. The first-order valence-corrected chi connectivity index (χ1v) is 9.42. The molecule has 1 saturated carbocycles. The van der Waals surface area contributed by atoms with E-state index in [1.165, 1.54) is 4.57 Å². The average Bonchev–Trinajstić information content (AvgIpc) is 3.27. The number of nitrogens with two attached hydrogens (primary N) is 1. The number of rotatable bonds is 4. The number of fused-ring (bicyclic) bond motifs is 1. The monoisotopic (exact) mass is 409 g/mol. The number of carboxylic acids is 1. The minimum atomic E-state index is -1.45. The number of benzene rings is 1. The van der Waals surface area contributed by atoms with E-state index in [0.29, 0.717) is 11.1 Å². The molecule has 1 aliphatic heterocycles. The molecule has 6 nitrogen and oxygen atoms in total. The summed E-state index contributed by atoms with van der Waals surface area (Å²) in [5.41, 5.74) is 4.83. The number of alkyl halides is 2. The van der Waals surface area contributed by atoms with Gasteiger partial charge in [0, 0.05) is 42.6 Å². The fourth-order valence-electron chi connectivity index (χ4n) is 4.39. The zero-order valence-corrected chi connectivity index (χ0v) is 16.1. The van der Waals surface area contributed by atoms with Gasteiger partial charge in [0.1, 0.15) is 17.6 Å². The van der Waals surface area contributed by atoms with Crippen molar-refractivity contribution in [2.24, 2.45) is 11.7 Å². The van der Waals surface area contributed by atoms with Gasteiger partial charge in [0.2, 0.25) is 5.43 Å². The third-order valence-corrected chi connectivity index (χ3v) is 6.15. The number of hydrogen-bond donors (Lipinski definition) is 2. The van der Waals surface area contributed by atoms with Crippen molar-refractivity contribution in [2.45, 2.75) is 38.0 Å². The lowest BCUT2D eigenvalue weighted by molar-refractivity contribution is 0.0694. The van der Waals surface area contributed by atoms with Gasteiger partial charge in [-0.1, -0.05) is 0 Å². The third kappa shape index (κ3) is 2.99. The first-order chi connectivity index (χ1) is 13.6. The zero-order chi connectivity index (χ0) is 21.2. The van der Waals surface area contributed by atoms with Crippen molar-refractivity contribution in [1.82, 2.24) is 4.57 Å². The van der Waals surface area contributed by atoms with Gasteiger partial charge in [0.15, 0.2) is 0 Å². The molecule has 0 spiro atoms. The fourth-order valence-corrected chi connectivity index (χ4v) is 4.39. The summed E-state index contributed by atoms with van der Waals surface area (Å²) >= 11 is 0. The second kappa shape index (κ2) is 6.48. The highest BCUT2D eigenvalue weighted by atomic mass is 19.1. The molecule has 1 aromatic carbocycles. The fraction of sp³-hybridized carbons (Fsp3) is 0.500. The van der Waals surface area contributed by atoms with Crippen molar-refractivity contribution in [3.05, 3.63) is 39.4 Å². The smallest absolute Gasteiger partial charge is 0.341 e. The third-order valence-electron chi connectivity index (χ3n) is 6.15. The summed E-state index contributed by atoms with van der Waals surface area (Å²) in [4.78, 5) is 25.8. The molecule has 2 unspecified atom stereocenters. The number of carbonyl (C=O) groups is 1. The van der Waals surface area contributed by atoms with Crippen LogP contribution in [0.3, 0.4) is 0 Å². The Morgan fingerprint density at radius 1 is 1.45 bits per heavy atom. The van der Waals surface area contributed by atoms with E-state index in [-0.39, 0.29) is 30.6 Å². The molecule has 3 N–H and O–H groups in total. The molecule has 156 valence electrons. The highest BCUT2D eigenvalue weighted by Crippen LogP contribution is 2.43. The predicted octanol–water partition coefficient (Wildman–Crippen LogP) is 2.55. The maximum Gasteiger partial charge on any atom is 0.341 e. The van der Waals surface area contributed by atoms with Gasteiger partial charge < -0.3 is 20.3 Å². The molecule has 1 aromatic heterocycles. The standard InChI is InChI=1S/C20H22F3N3O3/c1-9-16-11(18(27)12(19(28)29)7-26(16)15-4-13(15)22)3-14(23)17(9)25-6-10(5-21)20(2,24)8-25/h3,7,10,13,15H,4-6,8,24H2,1-2H3,(H,28,29)/t10?,13-,15-,20?/m1/s1. The Morgan fingerprint density at radius 2 is 2.10 bits per heavy atom. The van der Waals surface area contributed by atoms with Crippen LogP contribution in [0, 0.1) is 18.7 Å². The number of anilines is 1. The molecule has 4 rings (SSSR count). The topological polar surface area (TPSA) is 88.6 Å². The van der Waals surface area contributed by atoms with E-state index in [1.807, 2.05) is 0 Å². The van der Waals surface area contributed by atoms with E-state index in [1.54, 1.807) is 18.7 Å². The van der Waals surface area contributed by atoms with Crippen LogP contribution in [0.25, 0.3) is 10.9 Å². The molecule has 2 aromatic rings. The molecule has 9 heteroatoms. The van der Waals surface area contributed by atoms with Crippen molar-refractivity contribution in [3.8, 4) is 0 Å². The van der Waals surface area contributed by atoms with E-state index in [0.717, 1.165) is 12.3 Å². The lowest BCUT2D eigenvalue weighted by atomic mass is 9.92. The maximum atomic E-state index is 15.1. The van der Waals surface area contributed by atoms with Gasteiger partial charge in [-0.15, -0.1) is 0 Å². The lowest BCUT2D eigenvalue weighted by Gasteiger charge is -2.26. The molecule has 2 heterocycles. The number of nitrogens with zero attached hydrogens (tertiary/aromatic N) is 2. The summed E-state index contributed by atoms with van der Waals surface area (Å²) in [7, 11) is 0. The normalized spacial score (nSPS) is 28.9. The van der Waals surface area contributed by atoms with Gasteiger partial charge in [-0.3, -0.25) is 9.18 Å². The zero-order valence-electron chi connectivity index (χ0n) is 16.1. The van der Waals surface area contributed by atoms with Gasteiger partial charge in [-0.2, -0.15) is 0 Å². The molecule has 1 saturated heterocycles. The predicted molar refractivity (Wildman–Crippen MR) is 103 cm³/mol. The molecular formula is C20H22F3N3O3. The molecule has 4 atom stereocenters. The van der Waals surface area contributed by atoms with Gasteiger partial charge in [-0.25, -0.2) is 13.6 Å². The van der Waals surface area contributed by atoms with Crippen LogP contribution in [0.2, 0.25) is 0 Å². The van der Waals surface area contributed by atoms with Gasteiger partial charge in [0.05, 0.1) is 23.9 Å². The van der Waals surface area contributed by atoms with Crippen molar-refractivity contribution < 1.29 is 23.1 Å². The molecule has 0 amide bonds. The Balaban J connectivity index is 1.97. The van der Waals surface area contributed by atoms with Crippen LogP contribution < -0.4 is 16.1 Å². The average molecular weight is 409 g/mol. The van der Waals surface area contributed by atoms with E-state index >= 15 is 4.39 Å². The van der Waals surface area contributed by atoms with Crippen LogP contribution in [0.15, 0.2) is 17.1 Å². The Bertz CT molecular complexity index is 1080. The number of halogens is 3. The number of pyridine rings is 1. The second-order valence-corrected chi connectivity index (χ2v) is 8.37. The van der Waals surface area contributed by atoms with E-state index < -0.39 is 53.1 Å². The van der Waals surface area contributed by atoms with E-state index in [2.05, 4.69) is 0 Å². The van der Waals surface area contributed by atoms with Crippen molar-refractivity contribution in [2.75, 3.05) is 24.7 Å². The van der Waals surface area contributed by atoms with Gasteiger partial charge >= 0.3 is 5.97 Å². The highest BCUT2D eigenvalue weighted by Gasteiger charge is 2.43. The minimum Gasteiger partial charge on any atom is -0.477 e. The summed E-state index contributed by atoms with van der Waals surface area (Å²) < 4.78 is 43.8. The van der Waals surface area contributed by atoms with E-state index in [9.17, 15) is 23.5 Å². The lowest BCUT2D eigenvalue weighted by Crippen LogP contribution is -2.45. The SMILES string of the molecule is Cc1c(N2CC(CF)C(C)(N)C2)c(F)cc2c(=O)c(C(=O)O)cn([C@@H]3C[C@H]3F)c12. The minimum absolute atomic E-state index is 0.112. The molecule has 0 bridgehead atoms. The van der Waals surface area contributed by atoms with Crippen molar-refractivity contribution >= 4 is 22.6 Å². The largest absolute Gasteiger partial charge is 0.477 e. The summed E-state index contributed by atoms with van der Waals surface area (Å²) in [5.74, 6) is -2.65. The number of hydrogen-bond acceptors (Lipinski definition) is 4. The molecule has 2 fully saturated rings. The first kappa shape index (κ1) is 19.8. The number of carboxylic acid groups (broad SMARTS) is 1. The van der Waals surface area contributed by atoms with Crippen molar-refractivity contribution in [3.63, 3.8) is 0 Å². The Hall–Kier alpha value is -2.55. The van der Waals surface area contributed by atoms with Crippen LogP contribution in [0.5, 0.6) is 0 Å². The molecule has 29 heavy (non-hydrogen) atoms. The second-order valence-electron chi connectivity index (χ2n) is 8.37. The van der Waals surface area contributed by atoms with E-state index in [4.69, 9.17) is 5.73 Å². The van der Waals surface area contributed by atoms with Crippen molar-refractivity contribution in [1.29, 1.82) is 0 Å². The number of aromatic nitrogens is 1. The molecular weight excluding hydrogens is 387 g/mol. The first-order valence-electron chi connectivity index (χ1n) is 9.42. The summed E-state index contributed by atoms with van der Waals surface area (Å²) in [5, 5.41) is 9.23. The number of aryl methyl sites for hydroxylation is 1. The number of aromatic carboxylic acids is 1. The summed E-state index contributed by atoms with van der Waals surface area (Å²) in [6.07, 6.45) is 0.163. The van der Waals surface area contributed by atoms with Crippen LogP contribution in [0.1, 0.15) is 35.3 Å². The molecule has 1 aliphatic carbocycles. The highest BCUT2D eigenvalue weighted by molar-refractivity contribution is 5.95. The van der Waals surface area contributed by atoms with Gasteiger partial charge in [-0.05, 0) is 25.5 Å². The van der Waals surface area contributed by atoms with Crippen LogP contribution in [-0.2, 0) is 0 Å².